The van der Waals surface area contributed by atoms with E-state index in [1.165, 1.54) is 29.7 Å². The Hall–Kier alpha value is -0.670. The Morgan fingerprint density at radius 2 is 2.31 bits per heavy atom. The van der Waals surface area contributed by atoms with Crippen molar-refractivity contribution < 1.29 is 4.74 Å². The van der Waals surface area contributed by atoms with Crippen molar-refractivity contribution in [3.8, 4) is 0 Å². The summed E-state index contributed by atoms with van der Waals surface area (Å²) in [6.45, 7) is 2.99. The average Bonchev–Trinajstić information content (AvgIpc) is 2.29. The van der Waals surface area contributed by atoms with Crippen LogP contribution in [0.3, 0.4) is 0 Å². The fourth-order valence-corrected chi connectivity index (χ4v) is 2.94. The molecule has 1 aliphatic rings. The van der Waals surface area contributed by atoms with Crippen LogP contribution >= 0.6 is 11.8 Å². The van der Waals surface area contributed by atoms with Crippen LogP contribution in [-0.2, 0) is 4.74 Å². The van der Waals surface area contributed by atoms with E-state index < -0.39 is 0 Å². The van der Waals surface area contributed by atoms with Gasteiger partial charge in [-0.05, 0) is 43.9 Å². The van der Waals surface area contributed by atoms with Gasteiger partial charge < -0.3 is 10.5 Å². The molecule has 1 aromatic carbocycles. The van der Waals surface area contributed by atoms with Gasteiger partial charge in [0.15, 0.2) is 0 Å². The van der Waals surface area contributed by atoms with Gasteiger partial charge in [0.05, 0.1) is 6.10 Å². The fraction of sp³-hybridized carbons (Fsp3) is 0.538. The standard InChI is InChI=1S/C13H19NOS/c1-10-5-6-13(12(14)8-10)16-9-11-4-2-3-7-15-11/h5-6,8,11H,2-4,7,9,14H2,1H3. The molecular formula is C13H19NOS. The molecule has 0 amide bonds. The van der Waals surface area contributed by atoms with Crippen LogP contribution in [0.15, 0.2) is 23.1 Å². The summed E-state index contributed by atoms with van der Waals surface area (Å²) in [4.78, 5) is 1.18. The first-order valence-corrected chi connectivity index (χ1v) is 6.85. The molecule has 0 saturated carbocycles. The van der Waals surface area contributed by atoms with E-state index in [0.29, 0.717) is 6.10 Å². The van der Waals surface area contributed by atoms with Gasteiger partial charge in [0.1, 0.15) is 0 Å². The molecule has 1 heterocycles. The molecular weight excluding hydrogens is 218 g/mol. The SMILES string of the molecule is Cc1ccc(SCC2CCCCO2)c(N)c1. The van der Waals surface area contributed by atoms with Crippen molar-refractivity contribution in [2.24, 2.45) is 0 Å². The third-order valence-corrected chi connectivity index (χ3v) is 4.09. The molecule has 1 aromatic rings. The van der Waals surface area contributed by atoms with Crippen molar-refractivity contribution in [3.05, 3.63) is 23.8 Å². The Balaban J connectivity index is 1.88. The predicted octanol–water partition coefficient (Wildman–Crippen LogP) is 3.24. The van der Waals surface area contributed by atoms with Crippen molar-refractivity contribution in [1.29, 1.82) is 0 Å². The Morgan fingerprint density at radius 1 is 1.44 bits per heavy atom. The first-order chi connectivity index (χ1) is 7.75. The third kappa shape index (κ3) is 3.16. The molecule has 2 nitrogen and oxygen atoms in total. The van der Waals surface area contributed by atoms with Crippen molar-refractivity contribution in [2.45, 2.75) is 37.2 Å². The molecule has 0 aliphatic carbocycles. The first kappa shape index (κ1) is 11.8. The smallest absolute Gasteiger partial charge is 0.0669 e. The molecule has 1 saturated heterocycles. The quantitative estimate of drug-likeness (QED) is 0.647. The monoisotopic (exact) mass is 237 g/mol. The molecule has 1 fully saturated rings. The number of thioether (sulfide) groups is 1. The maximum Gasteiger partial charge on any atom is 0.0669 e. The lowest BCUT2D eigenvalue weighted by molar-refractivity contribution is 0.0315. The number of hydrogen-bond donors (Lipinski definition) is 1. The summed E-state index contributed by atoms with van der Waals surface area (Å²) in [5, 5.41) is 0. The highest BCUT2D eigenvalue weighted by Crippen LogP contribution is 2.28. The average molecular weight is 237 g/mol. The van der Waals surface area contributed by atoms with Crippen LogP contribution in [0.5, 0.6) is 0 Å². The van der Waals surface area contributed by atoms with E-state index in [1.807, 2.05) is 17.8 Å². The molecule has 0 spiro atoms. The van der Waals surface area contributed by atoms with Gasteiger partial charge in [-0.3, -0.25) is 0 Å². The Labute approximate surface area is 102 Å². The minimum atomic E-state index is 0.416. The molecule has 2 rings (SSSR count). The van der Waals surface area contributed by atoms with Gasteiger partial charge >= 0.3 is 0 Å². The molecule has 0 radical (unpaired) electrons. The molecule has 88 valence electrons. The largest absolute Gasteiger partial charge is 0.398 e. The summed E-state index contributed by atoms with van der Waals surface area (Å²) in [5.74, 6) is 1.02. The molecule has 1 aliphatic heterocycles. The zero-order valence-corrected chi connectivity index (χ0v) is 10.6. The lowest BCUT2D eigenvalue weighted by atomic mass is 10.1. The number of benzene rings is 1. The van der Waals surface area contributed by atoms with Gasteiger partial charge in [-0.1, -0.05) is 6.07 Å². The van der Waals surface area contributed by atoms with Gasteiger partial charge in [-0.15, -0.1) is 11.8 Å². The summed E-state index contributed by atoms with van der Waals surface area (Å²) in [7, 11) is 0. The molecule has 0 aromatic heterocycles. The van der Waals surface area contributed by atoms with Gasteiger partial charge in [-0.25, -0.2) is 0 Å². The predicted molar refractivity (Wildman–Crippen MR) is 69.9 cm³/mol. The first-order valence-electron chi connectivity index (χ1n) is 5.86. The van der Waals surface area contributed by atoms with E-state index in [9.17, 15) is 0 Å². The van der Waals surface area contributed by atoms with E-state index in [-0.39, 0.29) is 0 Å². The van der Waals surface area contributed by atoms with Gasteiger partial charge in [0.2, 0.25) is 0 Å². The maximum atomic E-state index is 5.98. The highest BCUT2D eigenvalue weighted by molar-refractivity contribution is 7.99. The zero-order valence-electron chi connectivity index (χ0n) is 9.74. The van der Waals surface area contributed by atoms with Crippen LogP contribution < -0.4 is 5.73 Å². The maximum absolute atomic E-state index is 5.98. The lowest BCUT2D eigenvalue weighted by Crippen LogP contribution is -2.21. The van der Waals surface area contributed by atoms with Crippen LogP contribution in [0.25, 0.3) is 0 Å². The molecule has 2 N–H and O–H groups in total. The van der Waals surface area contributed by atoms with Gasteiger partial charge in [0.25, 0.3) is 0 Å². The number of nitrogens with two attached hydrogens (primary N) is 1. The van der Waals surface area contributed by atoms with Crippen LogP contribution in [0, 0.1) is 6.92 Å². The highest BCUT2D eigenvalue weighted by Gasteiger charge is 2.14. The van der Waals surface area contributed by atoms with Gasteiger partial charge in [-0.2, -0.15) is 0 Å². The second-order valence-electron chi connectivity index (χ2n) is 4.34. The van der Waals surface area contributed by atoms with Crippen LogP contribution in [0.2, 0.25) is 0 Å². The minimum Gasteiger partial charge on any atom is -0.398 e. The van der Waals surface area contributed by atoms with Crippen LogP contribution in [0.1, 0.15) is 24.8 Å². The minimum absolute atomic E-state index is 0.416. The van der Waals surface area contributed by atoms with Crippen molar-refractivity contribution in [3.63, 3.8) is 0 Å². The zero-order chi connectivity index (χ0) is 11.4. The van der Waals surface area contributed by atoms with Crippen molar-refractivity contribution >= 4 is 17.4 Å². The number of anilines is 1. The van der Waals surface area contributed by atoms with E-state index in [1.54, 1.807) is 0 Å². The topological polar surface area (TPSA) is 35.2 Å². The summed E-state index contributed by atoms with van der Waals surface area (Å²) < 4.78 is 5.70. The number of aryl methyl sites for hydroxylation is 1. The normalized spacial score (nSPS) is 20.9. The molecule has 3 heteroatoms. The summed E-state index contributed by atoms with van der Waals surface area (Å²) >= 11 is 1.81. The summed E-state index contributed by atoms with van der Waals surface area (Å²) in [6.07, 6.45) is 4.13. The second kappa shape index (κ2) is 5.60. The van der Waals surface area contributed by atoms with Gasteiger partial charge in [0, 0.05) is 22.9 Å². The van der Waals surface area contributed by atoms with E-state index in [2.05, 4.69) is 19.1 Å². The summed E-state index contributed by atoms with van der Waals surface area (Å²) in [5.41, 5.74) is 8.08. The van der Waals surface area contributed by atoms with Crippen molar-refractivity contribution in [1.82, 2.24) is 0 Å². The van der Waals surface area contributed by atoms with Crippen LogP contribution in [0.4, 0.5) is 5.69 Å². The number of ether oxygens (including phenoxy) is 1. The Morgan fingerprint density at radius 3 is 3.00 bits per heavy atom. The summed E-state index contributed by atoms with van der Waals surface area (Å²) in [6, 6.07) is 6.25. The van der Waals surface area contributed by atoms with Crippen molar-refractivity contribution in [2.75, 3.05) is 18.1 Å². The Bertz CT molecular complexity index is 348. The number of rotatable bonds is 3. The van der Waals surface area contributed by atoms with E-state index >= 15 is 0 Å². The molecule has 16 heavy (non-hydrogen) atoms. The molecule has 1 atom stereocenters. The van der Waals surface area contributed by atoms with E-state index in [4.69, 9.17) is 10.5 Å². The molecule has 0 bridgehead atoms. The highest BCUT2D eigenvalue weighted by atomic mass is 32.2. The fourth-order valence-electron chi connectivity index (χ4n) is 1.92. The van der Waals surface area contributed by atoms with E-state index in [0.717, 1.165) is 18.0 Å². The number of nitrogen functional groups attached to an aromatic ring is 1. The van der Waals surface area contributed by atoms with Crippen LogP contribution in [-0.4, -0.2) is 18.5 Å². The second-order valence-corrected chi connectivity index (χ2v) is 5.40. The molecule has 1 unspecified atom stereocenters. The lowest BCUT2D eigenvalue weighted by Gasteiger charge is -2.22. The Kier molecular flexibility index (Phi) is 4.13. The third-order valence-electron chi connectivity index (χ3n) is 2.86. The number of hydrogen-bond acceptors (Lipinski definition) is 3.